The average Bonchev–Trinajstić information content (AvgIpc) is 3.14. The molecule has 3 aromatic rings. The molecule has 0 aliphatic carbocycles. The smallest absolute Gasteiger partial charge is 0.251 e. The molecule has 25 heavy (non-hydrogen) atoms. The van der Waals surface area contributed by atoms with Crippen molar-refractivity contribution in [3.63, 3.8) is 0 Å². The summed E-state index contributed by atoms with van der Waals surface area (Å²) in [5, 5.41) is 2.97. The lowest BCUT2D eigenvalue weighted by Crippen LogP contribution is -2.33. The lowest BCUT2D eigenvalue weighted by Gasteiger charge is -2.13. The topological polar surface area (TPSA) is 64.4 Å². The molecule has 0 aliphatic heterocycles. The molecular weight excluding hydrogens is 316 g/mol. The van der Waals surface area contributed by atoms with Crippen molar-refractivity contribution < 1.29 is 13.9 Å². The molecule has 1 atom stereocenters. The second-order valence-corrected chi connectivity index (χ2v) is 5.83. The Bertz CT molecular complexity index is 784. The van der Waals surface area contributed by atoms with Crippen LogP contribution < -0.4 is 10.1 Å². The van der Waals surface area contributed by atoms with E-state index in [9.17, 15) is 4.79 Å². The van der Waals surface area contributed by atoms with Crippen molar-refractivity contribution in [3.8, 4) is 5.75 Å². The van der Waals surface area contributed by atoms with E-state index in [4.69, 9.17) is 9.15 Å². The van der Waals surface area contributed by atoms with E-state index in [-0.39, 0.29) is 11.9 Å². The van der Waals surface area contributed by atoms with Gasteiger partial charge in [-0.25, -0.2) is 0 Å². The Morgan fingerprint density at radius 1 is 1.16 bits per heavy atom. The summed E-state index contributed by atoms with van der Waals surface area (Å²) in [6.07, 6.45) is 5.76. The van der Waals surface area contributed by atoms with Gasteiger partial charge < -0.3 is 14.5 Å². The number of amides is 1. The molecule has 1 unspecified atom stereocenters. The zero-order chi connectivity index (χ0) is 17.5. The molecule has 1 aromatic carbocycles. The minimum Gasteiger partial charge on any atom is -0.489 e. The summed E-state index contributed by atoms with van der Waals surface area (Å²) < 4.78 is 11.0. The molecular formula is C20H20N2O3. The van der Waals surface area contributed by atoms with Crippen LogP contribution in [0.3, 0.4) is 0 Å². The Labute approximate surface area is 146 Å². The third-order valence-corrected chi connectivity index (χ3v) is 3.74. The fourth-order valence-corrected chi connectivity index (χ4v) is 2.44. The average molecular weight is 336 g/mol. The van der Waals surface area contributed by atoms with E-state index in [0.717, 1.165) is 17.1 Å². The minimum absolute atomic E-state index is 0.0127. The third kappa shape index (κ3) is 4.94. The van der Waals surface area contributed by atoms with Gasteiger partial charge in [-0.2, -0.15) is 0 Å². The van der Waals surface area contributed by atoms with Crippen LogP contribution in [0.25, 0.3) is 0 Å². The first-order valence-electron chi connectivity index (χ1n) is 8.16. The van der Waals surface area contributed by atoms with Crippen molar-refractivity contribution in [2.24, 2.45) is 0 Å². The summed E-state index contributed by atoms with van der Waals surface area (Å²) >= 11 is 0. The number of carbonyl (C=O) groups excluding carboxylic acids is 1. The van der Waals surface area contributed by atoms with Crippen LogP contribution in [-0.2, 0) is 13.0 Å². The van der Waals surface area contributed by atoms with E-state index in [1.165, 1.54) is 0 Å². The van der Waals surface area contributed by atoms with Gasteiger partial charge in [0.2, 0.25) is 0 Å². The van der Waals surface area contributed by atoms with Gasteiger partial charge >= 0.3 is 0 Å². The Hall–Kier alpha value is -3.08. The van der Waals surface area contributed by atoms with Gasteiger partial charge in [0.25, 0.3) is 5.91 Å². The van der Waals surface area contributed by atoms with Crippen LogP contribution in [0.5, 0.6) is 5.75 Å². The van der Waals surface area contributed by atoms with Gasteiger partial charge in [-0.3, -0.25) is 9.78 Å². The summed E-state index contributed by atoms with van der Waals surface area (Å²) in [5.41, 5.74) is 1.64. The van der Waals surface area contributed by atoms with Gasteiger partial charge in [0.1, 0.15) is 18.1 Å². The normalized spacial score (nSPS) is 11.7. The van der Waals surface area contributed by atoms with Crippen molar-refractivity contribution in [2.75, 3.05) is 0 Å². The number of rotatable bonds is 7. The number of carbonyl (C=O) groups is 1. The Balaban J connectivity index is 1.51. The van der Waals surface area contributed by atoms with Gasteiger partial charge in [-0.15, -0.1) is 0 Å². The predicted octanol–water partition coefficient (Wildman–Crippen LogP) is 3.61. The van der Waals surface area contributed by atoms with Crippen molar-refractivity contribution in [2.45, 2.75) is 26.0 Å². The monoisotopic (exact) mass is 336 g/mol. The van der Waals surface area contributed by atoms with Crippen LogP contribution in [0.2, 0.25) is 0 Å². The highest BCUT2D eigenvalue weighted by Gasteiger charge is 2.11. The van der Waals surface area contributed by atoms with Crippen LogP contribution in [0, 0.1) is 0 Å². The van der Waals surface area contributed by atoms with Crippen molar-refractivity contribution in [1.29, 1.82) is 0 Å². The third-order valence-electron chi connectivity index (χ3n) is 3.74. The lowest BCUT2D eigenvalue weighted by molar-refractivity contribution is 0.0939. The summed E-state index contributed by atoms with van der Waals surface area (Å²) in [5.74, 6) is 1.46. The van der Waals surface area contributed by atoms with Gasteiger partial charge in [-0.05, 0) is 61.0 Å². The molecule has 2 aromatic heterocycles. The first-order valence-corrected chi connectivity index (χ1v) is 8.16. The van der Waals surface area contributed by atoms with Crippen LogP contribution in [-0.4, -0.2) is 16.9 Å². The van der Waals surface area contributed by atoms with Gasteiger partial charge in [-0.1, -0.05) is 0 Å². The number of furan rings is 1. The van der Waals surface area contributed by atoms with Gasteiger partial charge in [0, 0.05) is 30.4 Å². The zero-order valence-electron chi connectivity index (χ0n) is 14.0. The molecule has 0 saturated carbocycles. The molecule has 128 valence electrons. The van der Waals surface area contributed by atoms with Gasteiger partial charge in [0.15, 0.2) is 0 Å². The number of nitrogens with zero attached hydrogens (tertiary/aromatic N) is 1. The van der Waals surface area contributed by atoms with E-state index >= 15 is 0 Å². The molecule has 0 saturated heterocycles. The van der Waals surface area contributed by atoms with Gasteiger partial charge in [0.05, 0.1) is 6.26 Å². The highest BCUT2D eigenvalue weighted by atomic mass is 16.5. The summed E-state index contributed by atoms with van der Waals surface area (Å²) in [6, 6.07) is 14.7. The molecule has 0 radical (unpaired) electrons. The Kier molecular flexibility index (Phi) is 5.46. The maximum absolute atomic E-state index is 12.3. The molecule has 5 nitrogen and oxygen atoms in total. The quantitative estimate of drug-likeness (QED) is 0.716. The number of hydrogen-bond acceptors (Lipinski definition) is 4. The molecule has 1 N–H and O–H groups in total. The molecule has 0 aliphatic rings. The number of ether oxygens (including phenoxy) is 1. The van der Waals surface area contributed by atoms with E-state index in [1.807, 2.05) is 31.2 Å². The first-order chi connectivity index (χ1) is 12.2. The van der Waals surface area contributed by atoms with E-state index in [2.05, 4.69) is 10.3 Å². The van der Waals surface area contributed by atoms with E-state index in [0.29, 0.717) is 18.6 Å². The van der Waals surface area contributed by atoms with E-state index in [1.54, 1.807) is 42.9 Å². The zero-order valence-corrected chi connectivity index (χ0v) is 14.0. The molecule has 3 rings (SSSR count). The number of pyridine rings is 1. The second-order valence-electron chi connectivity index (χ2n) is 5.83. The highest BCUT2D eigenvalue weighted by Crippen LogP contribution is 2.14. The fourth-order valence-electron chi connectivity index (χ4n) is 2.44. The largest absolute Gasteiger partial charge is 0.489 e. The number of aromatic nitrogens is 1. The lowest BCUT2D eigenvalue weighted by atomic mass is 10.1. The first kappa shape index (κ1) is 16.8. The molecule has 0 bridgehead atoms. The number of hydrogen-bond donors (Lipinski definition) is 1. The molecule has 0 fully saturated rings. The number of nitrogens with one attached hydrogen (secondary N) is 1. The minimum atomic E-state index is -0.111. The van der Waals surface area contributed by atoms with Crippen LogP contribution in [0.1, 0.15) is 28.6 Å². The SMILES string of the molecule is CC(Cc1ccco1)NC(=O)c1ccc(OCc2ccncc2)cc1. The Morgan fingerprint density at radius 3 is 2.60 bits per heavy atom. The van der Waals surface area contributed by atoms with Crippen LogP contribution in [0.4, 0.5) is 0 Å². The number of benzene rings is 1. The summed E-state index contributed by atoms with van der Waals surface area (Å²) in [4.78, 5) is 16.3. The van der Waals surface area contributed by atoms with E-state index < -0.39 is 0 Å². The Morgan fingerprint density at radius 2 is 1.92 bits per heavy atom. The molecule has 0 spiro atoms. The van der Waals surface area contributed by atoms with Crippen molar-refractivity contribution in [1.82, 2.24) is 10.3 Å². The second kappa shape index (κ2) is 8.15. The summed E-state index contributed by atoms with van der Waals surface area (Å²) in [7, 11) is 0. The molecule has 5 heteroatoms. The molecule has 2 heterocycles. The standard InChI is InChI=1S/C20H20N2O3/c1-15(13-19-3-2-12-24-19)22-20(23)17-4-6-18(7-5-17)25-14-16-8-10-21-11-9-16/h2-12,15H,13-14H2,1H3,(H,22,23). The van der Waals surface area contributed by atoms with Crippen molar-refractivity contribution in [3.05, 3.63) is 84.1 Å². The van der Waals surface area contributed by atoms with Crippen molar-refractivity contribution >= 4 is 5.91 Å². The van der Waals surface area contributed by atoms with Crippen LogP contribution >= 0.6 is 0 Å². The highest BCUT2D eigenvalue weighted by molar-refractivity contribution is 5.94. The maximum atomic E-state index is 12.3. The fraction of sp³-hybridized carbons (Fsp3) is 0.200. The van der Waals surface area contributed by atoms with Crippen LogP contribution in [0.15, 0.2) is 71.6 Å². The predicted molar refractivity (Wildman–Crippen MR) is 94.4 cm³/mol. The maximum Gasteiger partial charge on any atom is 0.251 e. The molecule has 1 amide bonds. The summed E-state index contributed by atoms with van der Waals surface area (Å²) in [6.45, 7) is 2.42.